The van der Waals surface area contributed by atoms with Crippen LogP contribution in [0.3, 0.4) is 0 Å². The molecule has 0 saturated heterocycles. The lowest BCUT2D eigenvalue weighted by atomic mass is 10.2. The molecule has 1 fully saturated rings. The normalized spacial score (nSPS) is 20.9. The summed E-state index contributed by atoms with van der Waals surface area (Å²) in [5.41, 5.74) is 0. The summed E-state index contributed by atoms with van der Waals surface area (Å²) in [7, 11) is 0.0506. The lowest BCUT2D eigenvalue weighted by Gasteiger charge is -2.29. The van der Waals surface area contributed by atoms with Gasteiger partial charge in [-0.05, 0) is 33.7 Å². The van der Waals surface area contributed by atoms with E-state index in [0.29, 0.717) is 12.8 Å². The fourth-order valence-corrected chi connectivity index (χ4v) is 3.96. The maximum Gasteiger partial charge on any atom is 0.176 e. The van der Waals surface area contributed by atoms with Gasteiger partial charge in [-0.1, -0.05) is 0 Å². The number of sulfone groups is 1. The van der Waals surface area contributed by atoms with Crippen molar-refractivity contribution < 1.29 is 13.2 Å². The van der Waals surface area contributed by atoms with E-state index in [-0.39, 0.29) is 6.61 Å². The van der Waals surface area contributed by atoms with E-state index in [4.69, 9.17) is 4.74 Å². The number of ether oxygens (including phenoxy) is 1. The Morgan fingerprint density at radius 1 is 1.43 bits per heavy atom. The predicted octanol–water partition coefficient (Wildman–Crippen LogP) is 0.536. The lowest BCUT2D eigenvalue weighted by Crippen LogP contribution is -2.49. The topological polar surface area (TPSA) is 55.4 Å². The molecule has 1 aliphatic carbocycles. The van der Waals surface area contributed by atoms with Crippen molar-refractivity contribution in [3.8, 4) is 0 Å². The third kappa shape index (κ3) is 1.57. The van der Waals surface area contributed by atoms with Gasteiger partial charge in [-0.25, -0.2) is 8.42 Å². The van der Waals surface area contributed by atoms with Crippen LogP contribution in [0.25, 0.3) is 0 Å². The molecule has 0 aromatic carbocycles. The van der Waals surface area contributed by atoms with Crippen LogP contribution in [0, 0.1) is 0 Å². The van der Waals surface area contributed by atoms with Crippen LogP contribution < -0.4 is 5.32 Å². The Kier molecular flexibility index (Phi) is 2.96. The van der Waals surface area contributed by atoms with E-state index < -0.39 is 19.5 Å². The highest BCUT2D eigenvalue weighted by molar-refractivity contribution is 7.94. The Hall–Kier alpha value is -0.130. The van der Waals surface area contributed by atoms with Crippen LogP contribution in [-0.4, -0.2) is 38.8 Å². The zero-order valence-corrected chi connectivity index (χ0v) is 10.1. The SMILES string of the molecule is CNC1(S(=O)(=O)C(C)(C)COC)CC1. The van der Waals surface area contributed by atoms with Crippen molar-refractivity contribution >= 4 is 9.84 Å². The number of hydrogen-bond donors (Lipinski definition) is 1. The van der Waals surface area contributed by atoms with Crippen molar-refractivity contribution in [3.05, 3.63) is 0 Å². The third-order valence-electron chi connectivity index (χ3n) is 2.89. The highest BCUT2D eigenvalue weighted by atomic mass is 32.2. The first-order valence-corrected chi connectivity index (χ1v) is 6.23. The second-order valence-electron chi connectivity index (χ2n) is 4.44. The molecule has 1 rings (SSSR count). The zero-order chi connectivity index (χ0) is 11.0. The minimum absolute atomic E-state index is 0.235. The molecule has 0 atom stereocenters. The van der Waals surface area contributed by atoms with Crippen LogP contribution >= 0.6 is 0 Å². The fourth-order valence-electron chi connectivity index (χ4n) is 1.72. The summed E-state index contributed by atoms with van der Waals surface area (Å²) in [6.45, 7) is 3.66. The molecule has 0 aromatic rings. The van der Waals surface area contributed by atoms with Crippen LogP contribution in [0.4, 0.5) is 0 Å². The molecule has 4 nitrogen and oxygen atoms in total. The Labute approximate surface area is 85.9 Å². The minimum atomic E-state index is -3.18. The molecule has 0 unspecified atom stereocenters. The van der Waals surface area contributed by atoms with E-state index >= 15 is 0 Å². The van der Waals surface area contributed by atoms with Crippen molar-refractivity contribution in [2.45, 2.75) is 36.3 Å². The van der Waals surface area contributed by atoms with Crippen molar-refractivity contribution in [2.24, 2.45) is 0 Å². The molecule has 0 aliphatic heterocycles. The lowest BCUT2D eigenvalue weighted by molar-refractivity contribution is 0.174. The van der Waals surface area contributed by atoms with Gasteiger partial charge in [0.05, 0.1) is 11.4 Å². The summed E-state index contributed by atoms with van der Waals surface area (Å²) in [5.74, 6) is 0. The number of hydrogen-bond acceptors (Lipinski definition) is 4. The van der Waals surface area contributed by atoms with E-state index in [2.05, 4.69) is 5.32 Å². The number of rotatable bonds is 5. The van der Waals surface area contributed by atoms with Gasteiger partial charge in [-0.15, -0.1) is 0 Å². The largest absolute Gasteiger partial charge is 0.383 e. The van der Waals surface area contributed by atoms with Gasteiger partial charge in [0.1, 0.15) is 4.87 Å². The monoisotopic (exact) mass is 221 g/mol. The number of nitrogens with one attached hydrogen (secondary N) is 1. The maximum absolute atomic E-state index is 12.2. The zero-order valence-electron chi connectivity index (χ0n) is 9.25. The standard InChI is InChI=1S/C9H19NO3S/c1-8(2,7-13-4)14(11,12)9(10-3)5-6-9/h10H,5-7H2,1-4H3. The van der Waals surface area contributed by atoms with E-state index in [1.54, 1.807) is 20.9 Å². The smallest absolute Gasteiger partial charge is 0.176 e. The van der Waals surface area contributed by atoms with Crippen LogP contribution in [0.1, 0.15) is 26.7 Å². The van der Waals surface area contributed by atoms with Gasteiger partial charge in [0.2, 0.25) is 0 Å². The van der Waals surface area contributed by atoms with Crippen molar-refractivity contribution in [1.82, 2.24) is 5.32 Å². The molecule has 0 amide bonds. The van der Waals surface area contributed by atoms with E-state index in [1.807, 2.05) is 0 Å². The summed E-state index contributed by atoms with van der Waals surface area (Å²) in [4.78, 5) is -0.685. The molecular weight excluding hydrogens is 202 g/mol. The van der Waals surface area contributed by atoms with Gasteiger partial charge in [-0.3, -0.25) is 0 Å². The fraction of sp³-hybridized carbons (Fsp3) is 1.00. The first-order chi connectivity index (χ1) is 6.33. The second-order valence-corrected chi connectivity index (χ2v) is 7.33. The molecule has 1 N–H and O–H groups in total. The van der Waals surface area contributed by atoms with Crippen LogP contribution in [0.2, 0.25) is 0 Å². The average molecular weight is 221 g/mol. The molecule has 0 aromatic heterocycles. The van der Waals surface area contributed by atoms with Crippen molar-refractivity contribution in [1.29, 1.82) is 0 Å². The quantitative estimate of drug-likeness (QED) is 0.736. The highest BCUT2D eigenvalue weighted by Crippen LogP contribution is 2.45. The molecule has 0 bridgehead atoms. The average Bonchev–Trinajstić information content (AvgIpc) is 2.83. The van der Waals surface area contributed by atoms with Crippen LogP contribution in [-0.2, 0) is 14.6 Å². The summed E-state index contributed by atoms with van der Waals surface area (Å²) < 4.78 is 28.6. The summed E-state index contributed by atoms with van der Waals surface area (Å²) in [5, 5.41) is 2.91. The van der Waals surface area contributed by atoms with E-state index in [9.17, 15) is 8.42 Å². The second kappa shape index (κ2) is 3.47. The van der Waals surface area contributed by atoms with Gasteiger partial charge >= 0.3 is 0 Å². The molecule has 84 valence electrons. The molecule has 14 heavy (non-hydrogen) atoms. The summed E-state index contributed by atoms with van der Waals surface area (Å²) >= 11 is 0. The van der Waals surface area contributed by atoms with Gasteiger partial charge < -0.3 is 10.1 Å². The third-order valence-corrected chi connectivity index (χ3v) is 6.11. The molecule has 0 radical (unpaired) electrons. The van der Waals surface area contributed by atoms with Gasteiger partial charge in [0, 0.05) is 7.11 Å². The Bertz CT molecular complexity index is 304. The van der Waals surface area contributed by atoms with Crippen LogP contribution in [0.5, 0.6) is 0 Å². The molecule has 0 heterocycles. The van der Waals surface area contributed by atoms with Gasteiger partial charge in [0.25, 0.3) is 0 Å². The Balaban J connectivity index is 2.96. The van der Waals surface area contributed by atoms with Crippen molar-refractivity contribution in [3.63, 3.8) is 0 Å². The number of methoxy groups -OCH3 is 1. The Morgan fingerprint density at radius 3 is 2.21 bits per heavy atom. The molecular formula is C9H19NO3S. The predicted molar refractivity (Wildman–Crippen MR) is 55.9 cm³/mol. The Morgan fingerprint density at radius 2 is 1.93 bits per heavy atom. The summed E-state index contributed by atoms with van der Waals surface area (Å²) in [6, 6.07) is 0. The minimum Gasteiger partial charge on any atom is -0.383 e. The van der Waals surface area contributed by atoms with Crippen molar-refractivity contribution in [2.75, 3.05) is 20.8 Å². The summed E-state index contributed by atoms with van der Waals surface area (Å²) in [6.07, 6.45) is 1.41. The molecule has 0 spiro atoms. The van der Waals surface area contributed by atoms with E-state index in [1.165, 1.54) is 7.11 Å². The first-order valence-electron chi connectivity index (χ1n) is 4.75. The molecule has 5 heteroatoms. The first kappa shape index (κ1) is 11.9. The van der Waals surface area contributed by atoms with Gasteiger partial charge in [-0.2, -0.15) is 0 Å². The van der Waals surface area contributed by atoms with Gasteiger partial charge in [0.15, 0.2) is 9.84 Å². The van der Waals surface area contributed by atoms with E-state index in [0.717, 1.165) is 0 Å². The molecule has 1 saturated carbocycles. The van der Waals surface area contributed by atoms with Crippen LogP contribution in [0.15, 0.2) is 0 Å². The maximum atomic E-state index is 12.2. The highest BCUT2D eigenvalue weighted by Gasteiger charge is 2.58. The molecule has 1 aliphatic rings.